The van der Waals surface area contributed by atoms with Crippen molar-refractivity contribution in [2.45, 2.75) is 53.4 Å². The van der Waals surface area contributed by atoms with E-state index in [2.05, 4.69) is 94.6 Å². The summed E-state index contributed by atoms with van der Waals surface area (Å²) in [6.07, 6.45) is 0. The molecule has 0 N–H and O–H groups in total. The molecule has 0 aliphatic rings. The van der Waals surface area contributed by atoms with Gasteiger partial charge in [-0.2, -0.15) is 5.10 Å². The second kappa shape index (κ2) is 9.94. The minimum Gasteiger partial charge on any atom is -0.315 e. The van der Waals surface area contributed by atoms with Gasteiger partial charge in [-0.25, -0.2) is 0 Å². The summed E-state index contributed by atoms with van der Waals surface area (Å²) in [5, 5.41) is 9.46. The first-order valence-electron chi connectivity index (χ1n) is 11.0. The monoisotopic (exact) mass is 601 g/mol. The van der Waals surface area contributed by atoms with Gasteiger partial charge in [0.25, 0.3) is 0 Å². The first-order chi connectivity index (χ1) is 14.9. The van der Waals surface area contributed by atoms with E-state index >= 15 is 0 Å². The number of hydrogen-bond donors (Lipinski definition) is 0. The summed E-state index contributed by atoms with van der Waals surface area (Å²) >= 11 is 0. The van der Waals surface area contributed by atoms with Crippen molar-refractivity contribution < 1.29 is 20.1 Å². The van der Waals surface area contributed by atoms with Crippen LogP contribution in [0.15, 0.2) is 60.7 Å². The average Bonchev–Trinajstić information content (AvgIpc) is 3.17. The molecule has 3 nitrogen and oxygen atoms in total. The van der Waals surface area contributed by atoms with E-state index in [1.54, 1.807) is 0 Å². The van der Waals surface area contributed by atoms with Crippen LogP contribution in [0.4, 0.5) is 0 Å². The number of rotatable bonds is 5. The molecule has 0 amide bonds. The van der Waals surface area contributed by atoms with Crippen LogP contribution in [-0.2, 0) is 20.1 Å². The van der Waals surface area contributed by atoms with Crippen molar-refractivity contribution in [3.8, 4) is 28.5 Å². The predicted octanol–water partition coefficient (Wildman–Crippen LogP) is 7.26. The fourth-order valence-electron chi connectivity index (χ4n) is 4.30. The van der Waals surface area contributed by atoms with Gasteiger partial charge in [0.05, 0.1) is 5.82 Å². The van der Waals surface area contributed by atoms with Crippen LogP contribution in [0.2, 0.25) is 0 Å². The Morgan fingerprint density at radius 2 is 1.28 bits per heavy atom. The summed E-state index contributed by atoms with van der Waals surface area (Å²) in [5.41, 5.74) is 8.29. The Kier molecular flexibility index (Phi) is 7.48. The molecule has 0 fully saturated rings. The summed E-state index contributed by atoms with van der Waals surface area (Å²) in [5.74, 6) is 2.45. The molecule has 0 unspecified atom stereocenters. The van der Waals surface area contributed by atoms with Crippen LogP contribution < -0.4 is 0 Å². The summed E-state index contributed by atoms with van der Waals surface area (Å²) < 4.78 is 2.27. The number of hydrogen-bond acceptors (Lipinski definition) is 2. The van der Waals surface area contributed by atoms with Gasteiger partial charge in [-0.1, -0.05) is 64.1 Å². The van der Waals surface area contributed by atoms with Crippen molar-refractivity contribution in [2.75, 3.05) is 0 Å². The van der Waals surface area contributed by atoms with Gasteiger partial charge in [-0.3, -0.25) is 0 Å². The molecule has 0 spiro atoms. The molecular formula is C28H30IrN3-. The van der Waals surface area contributed by atoms with Gasteiger partial charge in [0.1, 0.15) is 0 Å². The van der Waals surface area contributed by atoms with Gasteiger partial charge < -0.3 is 4.57 Å². The summed E-state index contributed by atoms with van der Waals surface area (Å²) in [4.78, 5) is 0. The van der Waals surface area contributed by atoms with E-state index in [0.29, 0.717) is 11.8 Å². The van der Waals surface area contributed by atoms with Gasteiger partial charge in [0.2, 0.25) is 0 Å². The van der Waals surface area contributed by atoms with Gasteiger partial charge in [-0.15, -0.1) is 41.0 Å². The topological polar surface area (TPSA) is 30.7 Å². The summed E-state index contributed by atoms with van der Waals surface area (Å²) in [6.45, 7) is 13.3. The number of para-hydroxylation sites is 1. The van der Waals surface area contributed by atoms with Crippen molar-refractivity contribution in [2.24, 2.45) is 0 Å². The Labute approximate surface area is 205 Å². The van der Waals surface area contributed by atoms with E-state index in [1.807, 2.05) is 18.2 Å². The first-order valence-corrected chi connectivity index (χ1v) is 11.0. The largest absolute Gasteiger partial charge is 0.315 e. The number of benzene rings is 3. The van der Waals surface area contributed by atoms with Gasteiger partial charge in [-0.05, 0) is 47.9 Å². The maximum atomic E-state index is 4.75. The molecule has 1 aromatic heterocycles. The second-order valence-electron chi connectivity index (χ2n) is 8.82. The first kappa shape index (κ1) is 24.1. The van der Waals surface area contributed by atoms with Crippen molar-refractivity contribution in [1.29, 1.82) is 0 Å². The van der Waals surface area contributed by atoms with Crippen LogP contribution in [0.5, 0.6) is 0 Å². The minimum atomic E-state index is 0. The summed E-state index contributed by atoms with van der Waals surface area (Å²) in [7, 11) is 0. The molecule has 4 aromatic rings. The smallest absolute Gasteiger partial charge is 0.159 e. The molecule has 0 atom stereocenters. The molecule has 0 saturated heterocycles. The van der Waals surface area contributed by atoms with Crippen LogP contribution in [0.1, 0.15) is 61.8 Å². The van der Waals surface area contributed by atoms with Gasteiger partial charge >= 0.3 is 0 Å². The number of nitrogens with zero attached hydrogens (tertiary/aromatic N) is 3. The SMILES string of the molecule is Cc1cccc(C)c1-c1nnc(-c2[c-]cccc2)n1-c1c(C(C)C)cccc1C(C)C.[Ir]. The number of aryl methyl sites for hydroxylation is 2. The Hall–Kier alpha value is -2.55. The van der Waals surface area contributed by atoms with Crippen LogP contribution in [0.3, 0.4) is 0 Å². The Morgan fingerprint density at radius 1 is 0.719 bits per heavy atom. The van der Waals surface area contributed by atoms with Gasteiger partial charge in [0, 0.05) is 31.4 Å². The fourth-order valence-corrected chi connectivity index (χ4v) is 4.30. The molecule has 167 valence electrons. The zero-order chi connectivity index (χ0) is 22.1. The molecule has 4 heteroatoms. The maximum Gasteiger partial charge on any atom is 0.159 e. The molecule has 0 aliphatic carbocycles. The third-order valence-corrected chi connectivity index (χ3v) is 5.88. The quantitative estimate of drug-likeness (QED) is 0.226. The van der Waals surface area contributed by atoms with E-state index in [1.165, 1.54) is 27.9 Å². The fraction of sp³-hybridized carbons (Fsp3) is 0.286. The Bertz CT molecular complexity index is 1160. The van der Waals surface area contributed by atoms with E-state index in [0.717, 1.165) is 22.8 Å². The summed E-state index contributed by atoms with van der Waals surface area (Å²) in [6, 6.07) is 24.4. The van der Waals surface area contributed by atoms with Gasteiger partial charge in [0.15, 0.2) is 5.82 Å². The van der Waals surface area contributed by atoms with Crippen LogP contribution >= 0.6 is 0 Å². The third kappa shape index (κ3) is 4.35. The van der Waals surface area contributed by atoms with Crippen molar-refractivity contribution in [3.05, 3.63) is 89.0 Å². The second-order valence-corrected chi connectivity index (χ2v) is 8.82. The standard InChI is InChI=1S/C28H30N3.Ir/c1-18(2)23-16-11-17-24(19(3)4)26(23)31-27(22-14-8-7-9-15-22)29-30-28(31)25-20(5)12-10-13-21(25)6;/h7-14,16-19H,1-6H3;/q-1;. The van der Waals surface area contributed by atoms with Crippen LogP contribution in [0, 0.1) is 19.9 Å². The molecule has 0 bridgehead atoms. The average molecular weight is 601 g/mol. The molecular weight excluding hydrogens is 571 g/mol. The zero-order valence-electron chi connectivity index (χ0n) is 19.6. The zero-order valence-corrected chi connectivity index (χ0v) is 22.0. The van der Waals surface area contributed by atoms with E-state index in [4.69, 9.17) is 10.2 Å². The van der Waals surface area contributed by atoms with Crippen molar-refractivity contribution in [1.82, 2.24) is 14.8 Å². The molecule has 3 aromatic carbocycles. The van der Waals surface area contributed by atoms with Crippen molar-refractivity contribution >= 4 is 0 Å². The van der Waals surface area contributed by atoms with E-state index in [9.17, 15) is 0 Å². The number of aromatic nitrogens is 3. The normalized spacial score (nSPS) is 11.1. The predicted molar refractivity (Wildman–Crippen MR) is 129 cm³/mol. The minimum absolute atomic E-state index is 0. The molecule has 1 radical (unpaired) electrons. The molecule has 32 heavy (non-hydrogen) atoms. The molecule has 1 heterocycles. The van der Waals surface area contributed by atoms with Crippen LogP contribution in [-0.4, -0.2) is 14.8 Å². The van der Waals surface area contributed by atoms with Crippen molar-refractivity contribution in [3.63, 3.8) is 0 Å². The Balaban J connectivity index is 0.00000289. The van der Waals surface area contributed by atoms with Crippen LogP contribution in [0.25, 0.3) is 28.5 Å². The molecule has 0 saturated carbocycles. The van der Waals surface area contributed by atoms with E-state index < -0.39 is 0 Å². The maximum absolute atomic E-state index is 4.75. The molecule has 0 aliphatic heterocycles. The molecule has 4 rings (SSSR count). The Morgan fingerprint density at radius 3 is 1.81 bits per heavy atom. The van der Waals surface area contributed by atoms with E-state index in [-0.39, 0.29) is 20.1 Å². The third-order valence-electron chi connectivity index (χ3n) is 5.88.